The molecule has 4 nitrogen and oxygen atoms in total. The third kappa shape index (κ3) is 3.35. The Balaban J connectivity index is 1.70. The molecule has 0 radical (unpaired) electrons. The van der Waals surface area contributed by atoms with Crippen molar-refractivity contribution in [2.75, 3.05) is 0 Å². The second-order valence-corrected chi connectivity index (χ2v) is 4.83. The zero-order valence-corrected chi connectivity index (χ0v) is 11.9. The average molecular weight is 289 g/mol. The van der Waals surface area contributed by atoms with Crippen LogP contribution in [-0.4, -0.2) is 15.9 Å². The van der Waals surface area contributed by atoms with Crippen LogP contribution in [0.3, 0.4) is 0 Å². The number of rotatable bonds is 4. The smallest absolute Gasteiger partial charge is 0.251 e. The molecule has 0 atom stereocenters. The molecule has 0 saturated heterocycles. The first-order valence-electron chi connectivity index (χ1n) is 7.01. The number of nitrogens with one attached hydrogen (secondary N) is 1. The van der Waals surface area contributed by atoms with E-state index in [1.807, 2.05) is 42.5 Å². The first-order valence-corrected chi connectivity index (χ1v) is 7.01. The lowest BCUT2D eigenvalue weighted by Gasteiger charge is -2.07. The van der Waals surface area contributed by atoms with E-state index in [1.165, 1.54) is 0 Å². The van der Waals surface area contributed by atoms with Gasteiger partial charge in [-0.25, -0.2) is 0 Å². The lowest BCUT2D eigenvalue weighted by Crippen LogP contribution is -2.22. The van der Waals surface area contributed by atoms with Gasteiger partial charge in [-0.3, -0.25) is 14.8 Å². The molecule has 1 amide bonds. The number of aromatic nitrogens is 2. The van der Waals surface area contributed by atoms with E-state index in [2.05, 4.69) is 15.3 Å². The fourth-order valence-electron chi connectivity index (χ4n) is 2.14. The summed E-state index contributed by atoms with van der Waals surface area (Å²) >= 11 is 0. The Morgan fingerprint density at radius 2 is 1.73 bits per heavy atom. The highest BCUT2D eigenvalue weighted by Crippen LogP contribution is 2.16. The van der Waals surface area contributed by atoms with Crippen LogP contribution in [0.5, 0.6) is 0 Å². The van der Waals surface area contributed by atoms with Gasteiger partial charge in [0.2, 0.25) is 0 Å². The van der Waals surface area contributed by atoms with Crippen LogP contribution in [0.15, 0.2) is 73.2 Å². The van der Waals surface area contributed by atoms with Gasteiger partial charge >= 0.3 is 0 Å². The first-order chi connectivity index (χ1) is 10.8. The van der Waals surface area contributed by atoms with Gasteiger partial charge in [0.05, 0.1) is 5.69 Å². The van der Waals surface area contributed by atoms with E-state index in [-0.39, 0.29) is 5.91 Å². The molecule has 22 heavy (non-hydrogen) atoms. The first kappa shape index (κ1) is 13.9. The summed E-state index contributed by atoms with van der Waals surface area (Å²) in [5.74, 6) is -0.0807. The van der Waals surface area contributed by atoms with Crippen LogP contribution in [0, 0.1) is 0 Å². The number of hydrogen-bond acceptors (Lipinski definition) is 3. The fourth-order valence-corrected chi connectivity index (χ4v) is 2.14. The second-order valence-electron chi connectivity index (χ2n) is 4.83. The van der Waals surface area contributed by atoms with Crippen molar-refractivity contribution in [3.63, 3.8) is 0 Å². The molecule has 1 N–H and O–H groups in total. The number of benzene rings is 1. The van der Waals surface area contributed by atoms with E-state index in [9.17, 15) is 4.79 Å². The summed E-state index contributed by atoms with van der Waals surface area (Å²) in [6, 6.07) is 16.9. The SMILES string of the molecule is O=C(NCc1ccnc(-c2ccncc2)c1)c1ccccc1. The lowest BCUT2D eigenvalue weighted by molar-refractivity contribution is 0.0951. The van der Waals surface area contributed by atoms with Crippen LogP contribution in [0.4, 0.5) is 0 Å². The van der Waals surface area contributed by atoms with Crippen LogP contribution in [0.2, 0.25) is 0 Å². The van der Waals surface area contributed by atoms with E-state index in [0.717, 1.165) is 16.8 Å². The van der Waals surface area contributed by atoms with Crippen LogP contribution in [0.1, 0.15) is 15.9 Å². The van der Waals surface area contributed by atoms with Crippen molar-refractivity contribution in [1.29, 1.82) is 0 Å². The Bertz CT molecular complexity index is 758. The Hall–Kier alpha value is -3.01. The van der Waals surface area contributed by atoms with Crippen molar-refractivity contribution >= 4 is 5.91 Å². The van der Waals surface area contributed by atoms with Crippen molar-refractivity contribution in [2.45, 2.75) is 6.54 Å². The fraction of sp³-hybridized carbons (Fsp3) is 0.0556. The minimum atomic E-state index is -0.0807. The maximum atomic E-state index is 12.0. The van der Waals surface area contributed by atoms with E-state index < -0.39 is 0 Å². The van der Waals surface area contributed by atoms with Gasteiger partial charge in [0, 0.05) is 36.3 Å². The zero-order chi connectivity index (χ0) is 15.2. The highest BCUT2D eigenvalue weighted by molar-refractivity contribution is 5.94. The normalized spacial score (nSPS) is 10.2. The van der Waals surface area contributed by atoms with E-state index in [0.29, 0.717) is 12.1 Å². The number of pyridine rings is 2. The largest absolute Gasteiger partial charge is 0.348 e. The summed E-state index contributed by atoms with van der Waals surface area (Å²) in [5.41, 5.74) is 3.54. The molecule has 0 spiro atoms. The monoisotopic (exact) mass is 289 g/mol. The predicted molar refractivity (Wildman–Crippen MR) is 85.1 cm³/mol. The number of hydrogen-bond donors (Lipinski definition) is 1. The molecule has 0 aliphatic carbocycles. The van der Waals surface area contributed by atoms with Crippen molar-refractivity contribution in [2.24, 2.45) is 0 Å². The topological polar surface area (TPSA) is 54.9 Å². The standard InChI is InChI=1S/C18H15N3O/c22-18(16-4-2-1-3-5-16)21-13-14-6-11-20-17(12-14)15-7-9-19-10-8-15/h1-12H,13H2,(H,21,22). The molecule has 2 heterocycles. The Labute approximate surface area is 128 Å². The van der Waals surface area contributed by atoms with Gasteiger partial charge < -0.3 is 5.32 Å². The number of carbonyl (C=O) groups is 1. The van der Waals surface area contributed by atoms with E-state index >= 15 is 0 Å². The molecule has 4 heteroatoms. The van der Waals surface area contributed by atoms with Gasteiger partial charge in [-0.1, -0.05) is 18.2 Å². The van der Waals surface area contributed by atoms with Gasteiger partial charge in [-0.05, 0) is 42.0 Å². The minimum absolute atomic E-state index is 0.0807. The molecule has 0 bridgehead atoms. The van der Waals surface area contributed by atoms with Gasteiger partial charge in [-0.15, -0.1) is 0 Å². The molecule has 0 saturated carbocycles. The second kappa shape index (κ2) is 6.63. The zero-order valence-electron chi connectivity index (χ0n) is 11.9. The molecular weight excluding hydrogens is 274 g/mol. The molecule has 1 aromatic carbocycles. The van der Waals surface area contributed by atoms with Crippen LogP contribution >= 0.6 is 0 Å². The highest BCUT2D eigenvalue weighted by Gasteiger charge is 2.05. The Morgan fingerprint density at radius 1 is 0.955 bits per heavy atom. The molecule has 0 fully saturated rings. The summed E-state index contributed by atoms with van der Waals surface area (Å²) in [5, 5.41) is 2.91. The highest BCUT2D eigenvalue weighted by atomic mass is 16.1. The van der Waals surface area contributed by atoms with Gasteiger partial charge in [0.1, 0.15) is 0 Å². The van der Waals surface area contributed by atoms with Crippen LogP contribution in [-0.2, 0) is 6.54 Å². The molecular formula is C18H15N3O. The van der Waals surface area contributed by atoms with Crippen LogP contribution in [0.25, 0.3) is 11.3 Å². The molecule has 0 aliphatic heterocycles. The summed E-state index contributed by atoms with van der Waals surface area (Å²) in [6.45, 7) is 0.467. The maximum Gasteiger partial charge on any atom is 0.251 e. The molecule has 3 rings (SSSR count). The van der Waals surface area contributed by atoms with E-state index in [1.54, 1.807) is 30.7 Å². The average Bonchev–Trinajstić information content (AvgIpc) is 2.61. The third-order valence-electron chi connectivity index (χ3n) is 3.29. The maximum absolute atomic E-state index is 12.0. The summed E-state index contributed by atoms with van der Waals surface area (Å²) in [7, 11) is 0. The van der Waals surface area contributed by atoms with E-state index in [4.69, 9.17) is 0 Å². The van der Waals surface area contributed by atoms with Gasteiger partial charge in [0.15, 0.2) is 0 Å². The molecule has 108 valence electrons. The summed E-state index contributed by atoms with van der Waals surface area (Å²) in [6.07, 6.45) is 5.22. The quantitative estimate of drug-likeness (QED) is 0.803. The van der Waals surface area contributed by atoms with Crippen molar-refractivity contribution in [1.82, 2.24) is 15.3 Å². The van der Waals surface area contributed by atoms with Gasteiger partial charge in [-0.2, -0.15) is 0 Å². The van der Waals surface area contributed by atoms with Crippen LogP contribution < -0.4 is 5.32 Å². The lowest BCUT2D eigenvalue weighted by atomic mass is 10.1. The number of nitrogens with zero attached hydrogens (tertiary/aromatic N) is 2. The minimum Gasteiger partial charge on any atom is -0.348 e. The number of amides is 1. The molecule has 0 unspecified atom stereocenters. The summed E-state index contributed by atoms with van der Waals surface area (Å²) < 4.78 is 0. The van der Waals surface area contributed by atoms with Crippen molar-refractivity contribution < 1.29 is 4.79 Å². The van der Waals surface area contributed by atoms with Crippen molar-refractivity contribution in [3.8, 4) is 11.3 Å². The van der Waals surface area contributed by atoms with Gasteiger partial charge in [0.25, 0.3) is 5.91 Å². The third-order valence-corrected chi connectivity index (χ3v) is 3.29. The molecule has 2 aromatic heterocycles. The number of carbonyl (C=O) groups excluding carboxylic acids is 1. The Kier molecular flexibility index (Phi) is 4.20. The summed E-state index contributed by atoms with van der Waals surface area (Å²) in [4.78, 5) is 20.4. The van der Waals surface area contributed by atoms with Crippen molar-refractivity contribution in [3.05, 3.63) is 84.3 Å². The molecule has 3 aromatic rings. The Morgan fingerprint density at radius 3 is 2.50 bits per heavy atom. The predicted octanol–water partition coefficient (Wildman–Crippen LogP) is 3.07. The molecule has 0 aliphatic rings.